The molecule has 0 aromatic carbocycles. The third-order valence-corrected chi connectivity index (χ3v) is 2.60. The Bertz CT molecular complexity index is 450. The van der Waals surface area contributed by atoms with Crippen LogP contribution in [-0.4, -0.2) is 21.2 Å². The fourth-order valence-corrected chi connectivity index (χ4v) is 1.83. The predicted octanol–water partition coefficient (Wildman–Crippen LogP) is 1.35. The second-order valence-corrected chi connectivity index (χ2v) is 3.96. The smallest absolute Gasteiger partial charge is 0.312 e. The zero-order valence-corrected chi connectivity index (χ0v) is 8.53. The van der Waals surface area contributed by atoms with Gasteiger partial charge in [0.2, 0.25) is 5.89 Å². The predicted molar refractivity (Wildman–Crippen MR) is 52.8 cm³/mol. The van der Waals surface area contributed by atoms with E-state index in [2.05, 4.69) is 10.1 Å². The molecule has 0 fully saturated rings. The molecule has 0 unspecified atom stereocenters. The summed E-state index contributed by atoms with van der Waals surface area (Å²) in [6.07, 6.45) is 0.359. The molecule has 0 aliphatic rings. The summed E-state index contributed by atoms with van der Waals surface area (Å²) in [4.78, 5) is 15.5. The average Bonchev–Trinajstić information content (AvgIpc) is 2.77. The minimum absolute atomic E-state index is 0.147. The lowest BCUT2D eigenvalue weighted by Crippen LogP contribution is -2.00. The van der Waals surface area contributed by atoms with Crippen LogP contribution in [0.2, 0.25) is 0 Å². The van der Waals surface area contributed by atoms with Gasteiger partial charge in [0, 0.05) is 11.3 Å². The molecule has 0 aliphatic carbocycles. The number of aromatic nitrogens is 2. The third kappa shape index (κ3) is 2.63. The highest BCUT2D eigenvalue weighted by Gasteiger charge is 2.10. The number of carbonyl (C=O) groups is 1. The van der Waals surface area contributed by atoms with Crippen LogP contribution in [0.25, 0.3) is 0 Å². The van der Waals surface area contributed by atoms with Gasteiger partial charge in [0.1, 0.15) is 6.42 Å². The molecule has 0 saturated heterocycles. The molecule has 2 aromatic heterocycles. The molecule has 78 valence electrons. The van der Waals surface area contributed by atoms with Crippen LogP contribution in [-0.2, 0) is 17.6 Å². The van der Waals surface area contributed by atoms with Gasteiger partial charge < -0.3 is 9.63 Å². The summed E-state index contributed by atoms with van der Waals surface area (Å²) in [6, 6.07) is 3.91. The van der Waals surface area contributed by atoms with Crippen LogP contribution >= 0.6 is 11.3 Å². The summed E-state index contributed by atoms with van der Waals surface area (Å²) in [5.74, 6) is -0.302. The van der Waals surface area contributed by atoms with Crippen molar-refractivity contribution in [1.29, 1.82) is 0 Å². The van der Waals surface area contributed by atoms with Crippen LogP contribution in [0.5, 0.6) is 0 Å². The quantitative estimate of drug-likeness (QED) is 0.848. The first-order chi connectivity index (χ1) is 7.24. The molecule has 0 spiro atoms. The topological polar surface area (TPSA) is 76.2 Å². The summed E-state index contributed by atoms with van der Waals surface area (Å²) in [5, 5.41) is 14.2. The zero-order valence-electron chi connectivity index (χ0n) is 7.71. The van der Waals surface area contributed by atoms with E-state index in [1.807, 2.05) is 17.5 Å². The molecular weight excluding hydrogens is 216 g/mol. The van der Waals surface area contributed by atoms with Crippen LogP contribution in [0.15, 0.2) is 22.0 Å². The van der Waals surface area contributed by atoms with Crippen LogP contribution in [0, 0.1) is 0 Å². The van der Waals surface area contributed by atoms with Crippen molar-refractivity contribution < 1.29 is 14.4 Å². The Morgan fingerprint density at radius 1 is 1.60 bits per heavy atom. The summed E-state index contributed by atoms with van der Waals surface area (Å²) >= 11 is 1.60. The van der Waals surface area contributed by atoms with Crippen LogP contribution in [0.1, 0.15) is 16.6 Å². The minimum atomic E-state index is -0.971. The highest BCUT2D eigenvalue weighted by Crippen LogP contribution is 2.12. The van der Waals surface area contributed by atoms with E-state index in [4.69, 9.17) is 9.63 Å². The van der Waals surface area contributed by atoms with Crippen molar-refractivity contribution in [2.45, 2.75) is 12.8 Å². The van der Waals surface area contributed by atoms with E-state index in [9.17, 15) is 4.79 Å². The molecule has 0 amide bonds. The molecule has 15 heavy (non-hydrogen) atoms. The Labute approximate surface area is 89.4 Å². The molecule has 1 N–H and O–H groups in total. The number of aliphatic carboxylic acids is 1. The maximum atomic E-state index is 10.4. The van der Waals surface area contributed by atoms with Gasteiger partial charge in [-0.1, -0.05) is 11.2 Å². The first-order valence-electron chi connectivity index (χ1n) is 4.29. The Hall–Kier alpha value is -1.69. The van der Waals surface area contributed by atoms with E-state index in [0.29, 0.717) is 12.2 Å². The number of hydrogen-bond acceptors (Lipinski definition) is 5. The van der Waals surface area contributed by atoms with Crippen molar-refractivity contribution in [3.8, 4) is 0 Å². The Morgan fingerprint density at radius 3 is 3.13 bits per heavy atom. The van der Waals surface area contributed by atoms with Crippen LogP contribution in [0.3, 0.4) is 0 Å². The highest BCUT2D eigenvalue weighted by molar-refractivity contribution is 7.09. The van der Waals surface area contributed by atoms with Crippen molar-refractivity contribution in [2.75, 3.05) is 0 Å². The second-order valence-electron chi connectivity index (χ2n) is 2.93. The van der Waals surface area contributed by atoms with Gasteiger partial charge in [-0.2, -0.15) is 4.98 Å². The largest absolute Gasteiger partial charge is 0.481 e. The number of thiophene rings is 1. The molecule has 0 radical (unpaired) electrons. The molecule has 0 bridgehead atoms. The molecule has 2 rings (SSSR count). The van der Waals surface area contributed by atoms with Gasteiger partial charge in [-0.25, -0.2) is 0 Å². The summed E-state index contributed by atoms with van der Waals surface area (Å²) in [6.45, 7) is 0. The average molecular weight is 224 g/mol. The maximum absolute atomic E-state index is 10.4. The number of carboxylic acids is 1. The minimum Gasteiger partial charge on any atom is -0.481 e. The standard InChI is InChI=1S/C9H8N2O3S/c12-9(13)5-8-10-7(11-14-8)4-6-2-1-3-15-6/h1-3H,4-5H2,(H,12,13). The SMILES string of the molecule is O=C(O)Cc1nc(Cc2cccs2)no1. The molecule has 0 atom stereocenters. The van der Waals surface area contributed by atoms with Gasteiger partial charge >= 0.3 is 5.97 Å². The lowest BCUT2D eigenvalue weighted by Gasteiger charge is -1.87. The van der Waals surface area contributed by atoms with E-state index in [-0.39, 0.29) is 12.3 Å². The molecule has 2 aromatic rings. The highest BCUT2D eigenvalue weighted by atomic mass is 32.1. The number of carboxylic acid groups (broad SMARTS) is 1. The number of nitrogens with zero attached hydrogens (tertiary/aromatic N) is 2. The molecule has 0 saturated carbocycles. The molecule has 5 nitrogen and oxygen atoms in total. The summed E-state index contributed by atoms with van der Waals surface area (Å²) < 4.78 is 4.79. The van der Waals surface area contributed by atoms with Gasteiger partial charge in [0.15, 0.2) is 5.82 Å². The van der Waals surface area contributed by atoms with Crippen LogP contribution < -0.4 is 0 Å². The van der Waals surface area contributed by atoms with Crippen molar-refractivity contribution in [3.63, 3.8) is 0 Å². The van der Waals surface area contributed by atoms with E-state index in [0.717, 1.165) is 4.88 Å². The van der Waals surface area contributed by atoms with E-state index in [1.165, 1.54) is 0 Å². The van der Waals surface area contributed by atoms with Gasteiger partial charge in [-0.05, 0) is 11.4 Å². The fraction of sp³-hybridized carbons (Fsp3) is 0.222. The molecular formula is C9H8N2O3S. The monoisotopic (exact) mass is 224 g/mol. The third-order valence-electron chi connectivity index (χ3n) is 1.73. The Balaban J connectivity index is 2.04. The van der Waals surface area contributed by atoms with E-state index in [1.54, 1.807) is 11.3 Å². The normalized spacial score (nSPS) is 10.4. The number of rotatable bonds is 4. The molecule has 0 aliphatic heterocycles. The lowest BCUT2D eigenvalue weighted by atomic mass is 10.3. The Morgan fingerprint density at radius 2 is 2.47 bits per heavy atom. The zero-order chi connectivity index (χ0) is 10.7. The second kappa shape index (κ2) is 4.22. The van der Waals surface area contributed by atoms with Crippen molar-refractivity contribution in [3.05, 3.63) is 34.1 Å². The van der Waals surface area contributed by atoms with Crippen molar-refractivity contribution >= 4 is 17.3 Å². The van der Waals surface area contributed by atoms with E-state index >= 15 is 0 Å². The molecule has 6 heteroatoms. The summed E-state index contributed by atoms with van der Waals surface area (Å²) in [5.41, 5.74) is 0. The molecule has 2 heterocycles. The number of hydrogen-bond donors (Lipinski definition) is 1. The fourth-order valence-electron chi connectivity index (χ4n) is 1.13. The van der Waals surface area contributed by atoms with Gasteiger partial charge in [-0.15, -0.1) is 11.3 Å². The maximum Gasteiger partial charge on any atom is 0.312 e. The van der Waals surface area contributed by atoms with Crippen LogP contribution in [0.4, 0.5) is 0 Å². The Kier molecular flexibility index (Phi) is 2.77. The first kappa shape index (κ1) is 9.85. The van der Waals surface area contributed by atoms with Gasteiger partial charge in [0.25, 0.3) is 0 Å². The van der Waals surface area contributed by atoms with Gasteiger partial charge in [-0.3, -0.25) is 4.79 Å². The summed E-state index contributed by atoms with van der Waals surface area (Å²) in [7, 11) is 0. The van der Waals surface area contributed by atoms with Crippen molar-refractivity contribution in [1.82, 2.24) is 10.1 Å². The van der Waals surface area contributed by atoms with E-state index < -0.39 is 5.97 Å². The lowest BCUT2D eigenvalue weighted by molar-refractivity contribution is -0.136. The van der Waals surface area contributed by atoms with Gasteiger partial charge in [0.05, 0.1) is 0 Å². The first-order valence-corrected chi connectivity index (χ1v) is 5.17. The van der Waals surface area contributed by atoms with Crippen molar-refractivity contribution in [2.24, 2.45) is 0 Å².